The van der Waals surface area contributed by atoms with Gasteiger partial charge in [0.1, 0.15) is 0 Å². The van der Waals surface area contributed by atoms with E-state index in [1.807, 2.05) is 13.8 Å². The van der Waals surface area contributed by atoms with Gasteiger partial charge in [-0.2, -0.15) is 0 Å². The molecule has 0 aromatic carbocycles. The van der Waals surface area contributed by atoms with Gasteiger partial charge in [0.05, 0.1) is 12.5 Å². The third-order valence-electron chi connectivity index (χ3n) is 3.27. The first-order valence-electron chi connectivity index (χ1n) is 7.75. The van der Waals surface area contributed by atoms with E-state index >= 15 is 0 Å². The van der Waals surface area contributed by atoms with Crippen molar-refractivity contribution in [2.75, 3.05) is 26.2 Å². The summed E-state index contributed by atoms with van der Waals surface area (Å²) in [4.78, 5) is 14.1. The van der Waals surface area contributed by atoms with Crippen molar-refractivity contribution >= 4 is 5.97 Å². The molecular formula is C16H33NO2. The summed E-state index contributed by atoms with van der Waals surface area (Å²) in [5.41, 5.74) is 0. The molecule has 0 amide bonds. The van der Waals surface area contributed by atoms with Gasteiger partial charge < -0.3 is 9.64 Å². The third kappa shape index (κ3) is 9.94. The van der Waals surface area contributed by atoms with E-state index in [1.54, 1.807) is 0 Å². The van der Waals surface area contributed by atoms with Gasteiger partial charge in [-0.15, -0.1) is 0 Å². The van der Waals surface area contributed by atoms with Crippen LogP contribution < -0.4 is 0 Å². The van der Waals surface area contributed by atoms with Gasteiger partial charge in [-0.1, -0.05) is 34.6 Å². The van der Waals surface area contributed by atoms with Crippen molar-refractivity contribution in [3.8, 4) is 0 Å². The fourth-order valence-electron chi connectivity index (χ4n) is 1.92. The summed E-state index contributed by atoms with van der Waals surface area (Å²) in [5.74, 6) is 1.32. The molecule has 0 radical (unpaired) electrons. The number of carbonyl (C=O) groups excluding carboxylic acids is 1. The van der Waals surface area contributed by atoms with E-state index in [-0.39, 0.29) is 11.9 Å². The lowest BCUT2D eigenvalue weighted by atomic mass is 10.1. The molecule has 1 atom stereocenters. The summed E-state index contributed by atoms with van der Waals surface area (Å²) in [6, 6.07) is 0. The minimum atomic E-state index is -0.0680. The molecule has 0 aliphatic rings. The first-order valence-corrected chi connectivity index (χ1v) is 7.75. The molecule has 114 valence electrons. The summed E-state index contributed by atoms with van der Waals surface area (Å²) in [7, 11) is 0. The second-order valence-corrected chi connectivity index (χ2v) is 6.32. The largest absolute Gasteiger partial charge is 0.466 e. The lowest BCUT2D eigenvalue weighted by Crippen LogP contribution is -2.35. The average molecular weight is 271 g/mol. The van der Waals surface area contributed by atoms with Crippen LogP contribution in [0.4, 0.5) is 0 Å². The number of ether oxygens (including phenoxy) is 1. The zero-order valence-corrected chi connectivity index (χ0v) is 13.7. The van der Waals surface area contributed by atoms with Crippen LogP contribution in [0.2, 0.25) is 0 Å². The van der Waals surface area contributed by atoms with E-state index in [2.05, 4.69) is 32.6 Å². The van der Waals surface area contributed by atoms with Gasteiger partial charge >= 0.3 is 5.97 Å². The molecule has 3 heteroatoms. The van der Waals surface area contributed by atoms with Crippen LogP contribution in [0, 0.1) is 17.8 Å². The lowest BCUT2D eigenvalue weighted by molar-refractivity contribution is -0.148. The van der Waals surface area contributed by atoms with Gasteiger partial charge in [-0.25, -0.2) is 0 Å². The summed E-state index contributed by atoms with van der Waals surface area (Å²) in [6.07, 6.45) is 2.38. The first kappa shape index (κ1) is 18.4. The van der Waals surface area contributed by atoms with Crippen molar-refractivity contribution in [3.63, 3.8) is 0 Å². The van der Waals surface area contributed by atoms with E-state index in [0.717, 1.165) is 19.6 Å². The van der Waals surface area contributed by atoms with Crippen molar-refractivity contribution in [2.45, 2.75) is 54.4 Å². The normalized spacial score (nSPS) is 13.3. The first-order chi connectivity index (χ1) is 8.86. The Kier molecular flexibility index (Phi) is 9.94. The summed E-state index contributed by atoms with van der Waals surface area (Å²) >= 11 is 0. The summed E-state index contributed by atoms with van der Waals surface area (Å²) in [6.45, 7) is 16.3. The highest BCUT2D eigenvalue weighted by molar-refractivity contribution is 5.72. The molecule has 0 heterocycles. The maximum atomic E-state index is 11.7. The molecule has 0 spiro atoms. The lowest BCUT2D eigenvalue weighted by Gasteiger charge is -2.26. The Bertz CT molecular complexity index is 227. The Balaban J connectivity index is 4.25. The molecule has 0 aliphatic carbocycles. The van der Waals surface area contributed by atoms with Crippen LogP contribution in [0.1, 0.15) is 54.4 Å². The molecule has 1 unspecified atom stereocenters. The van der Waals surface area contributed by atoms with E-state index in [4.69, 9.17) is 4.74 Å². The van der Waals surface area contributed by atoms with Crippen molar-refractivity contribution in [3.05, 3.63) is 0 Å². The zero-order valence-electron chi connectivity index (χ0n) is 13.7. The summed E-state index contributed by atoms with van der Waals surface area (Å²) in [5, 5.41) is 0. The maximum Gasteiger partial charge on any atom is 0.309 e. The predicted molar refractivity (Wildman–Crippen MR) is 81.1 cm³/mol. The van der Waals surface area contributed by atoms with E-state index in [9.17, 15) is 4.79 Å². The molecule has 3 nitrogen and oxygen atoms in total. The molecule has 0 N–H and O–H groups in total. The zero-order chi connectivity index (χ0) is 14.8. The smallest absolute Gasteiger partial charge is 0.309 e. The number of rotatable bonds is 10. The monoisotopic (exact) mass is 271 g/mol. The average Bonchev–Trinajstić information content (AvgIpc) is 2.32. The molecule has 0 saturated heterocycles. The number of hydrogen-bond acceptors (Lipinski definition) is 3. The van der Waals surface area contributed by atoms with Gasteiger partial charge in [0, 0.05) is 6.54 Å². The fraction of sp³-hybridized carbons (Fsp3) is 0.938. The van der Waals surface area contributed by atoms with Crippen molar-refractivity contribution in [2.24, 2.45) is 17.8 Å². The van der Waals surface area contributed by atoms with Crippen LogP contribution >= 0.6 is 0 Å². The molecule has 0 aliphatic heterocycles. The van der Waals surface area contributed by atoms with Gasteiger partial charge in [0.25, 0.3) is 0 Å². The third-order valence-corrected chi connectivity index (χ3v) is 3.27. The van der Waals surface area contributed by atoms with Crippen LogP contribution in [-0.2, 0) is 9.53 Å². The second-order valence-electron chi connectivity index (χ2n) is 6.32. The minimum Gasteiger partial charge on any atom is -0.466 e. The van der Waals surface area contributed by atoms with E-state index < -0.39 is 0 Å². The standard InChI is InChI=1S/C16H33NO2/c1-7-19-16(18)15(6)12-17(10-8-13(2)3)11-9-14(4)5/h13-15H,7-12H2,1-6H3. The number of nitrogens with zero attached hydrogens (tertiary/aromatic N) is 1. The molecular weight excluding hydrogens is 238 g/mol. The molecule has 0 saturated carbocycles. The fourth-order valence-corrected chi connectivity index (χ4v) is 1.92. The highest BCUT2D eigenvalue weighted by Crippen LogP contribution is 2.10. The van der Waals surface area contributed by atoms with Gasteiger partial charge in [0.2, 0.25) is 0 Å². The van der Waals surface area contributed by atoms with Crippen LogP contribution in [0.15, 0.2) is 0 Å². The Hall–Kier alpha value is -0.570. The Labute approximate surface area is 119 Å². The van der Waals surface area contributed by atoms with Crippen LogP contribution in [0.5, 0.6) is 0 Å². The van der Waals surface area contributed by atoms with Gasteiger partial charge in [-0.05, 0) is 44.7 Å². The highest BCUT2D eigenvalue weighted by Gasteiger charge is 2.18. The predicted octanol–water partition coefficient (Wildman–Crippen LogP) is 3.58. The molecule has 0 aromatic rings. The van der Waals surface area contributed by atoms with E-state index in [0.29, 0.717) is 18.4 Å². The Morgan fingerprint density at radius 1 is 1.00 bits per heavy atom. The quantitative estimate of drug-likeness (QED) is 0.569. The topological polar surface area (TPSA) is 29.5 Å². The van der Waals surface area contributed by atoms with Crippen molar-refractivity contribution < 1.29 is 9.53 Å². The molecule has 0 rings (SSSR count). The number of carbonyl (C=O) groups is 1. The van der Waals surface area contributed by atoms with Gasteiger partial charge in [0.15, 0.2) is 0 Å². The van der Waals surface area contributed by atoms with E-state index in [1.165, 1.54) is 12.8 Å². The molecule has 19 heavy (non-hydrogen) atoms. The molecule has 0 fully saturated rings. The maximum absolute atomic E-state index is 11.7. The number of esters is 1. The van der Waals surface area contributed by atoms with Crippen LogP contribution in [0.25, 0.3) is 0 Å². The van der Waals surface area contributed by atoms with Crippen LogP contribution in [-0.4, -0.2) is 37.1 Å². The van der Waals surface area contributed by atoms with Crippen molar-refractivity contribution in [1.29, 1.82) is 0 Å². The molecule has 0 aromatic heterocycles. The Morgan fingerprint density at radius 3 is 1.84 bits per heavy atom. The number of hydrogen-bond donors (Lipinski definition) is 0. The molecule has 0 bridgehead atoms. The Morgan fingerprint density at radius 2 is 1.47 bits per heavy atom. The minimum absolute atomic E-state index is 0.0284. The summed E-state index contributed by atoms with van der Waals surface area (Å²) < 4.78 is 5.09. The van der Waals surface area contributed by atoms with Crippen LogP contribution in [0.3, 0.4) is 0 Å². The highest BCUT2D eigenvalue weighted by atomic mass is 16.5. The van der Waals surface area contributed by atoms with Gasteiger partial charge in [-0.3, -0.25) is 4.79 Å². The second kappa shape index (κ2) is 10.2. The SMILES string of the molecule is CCOC(=O)C(C)CN(CCC(C)C)CCC(C)C. The van der Waals surface area contributed by atoms with Crippen molar-refractivity contribution in [1.82, 2.24) is 4.90 Å².